The van der Waals surface area contributed by atoms with Gasteiger partial charge in [-0.15, -0.1) is 0 Å². The van der Waals surface area contributed by atoms with Crippen LogP contribution < -0.4 is 5.32 Å². The second-order valence-electron chi connectivity index (χ2n) is 4.24. The lowest BCUT2D eigenvalue weighted by Gasteiger charge is -2.29. The predicted octanol–water partition coefficient (Wildman–Crippen LogP) is 2.15. The molecule has 2 aliphatic rings. The van der Waals surface area contributed by atoms with Crippen LogP contribution in [0.4, 0.5) is 0 Å². The van der Waals surface area contributed by atoms with Gasteiger partial charge < -0.3 is 5.32 Å². The van der Waals surface area contributed by atoms with Crippen molar-refractivity contribution in [1.29, 1.82) is 0 Å². The standard InChI is InChI=1S/C11H19IN2/c12-11-4-2-1-3-10(11)9-14-7-5-13-6-8-14/h13H,1-9H2. The third kappa shape index (κ3) is 2.94. The summed E-state index contributed by atoms with van der Waals surface area (Å²) in [5.41, 5.74) is 1.72. The summed E-state index contributed by atoms with van der Waals surface area (Å²) >= 11 is 2.55. The third-order valence-corrected chi connectivity index (χ3v) is 4.43. The van der Waals surface area contributed by atoms with Crippen molar-refractivity contribution in [1.82, 2.24) is 10.2 Å². The summed E-state index contributed by atoms with van der Waals surface area (Å²) in [5, 5.41) is 3.40. The lowest BCUT2D eigenvalue weighted by molar-refractivity contribution is 0.256. The molecule has 80 valence electrons. The van der Waals surface area contributed by atoms with Crippen molar-refractivity contribution in [2.75, 3.05) is 32.7 Å². The lowest BCUT2D eigenvalue weighted by atomic mass is 9.99. The summed E-state index contributed by atoms with van der Waals surface area (Å²) in [4.78, 5) is 2.59. The van der Waals surface area contributed by atoms with Crippen LogP contribution in [-0.4, -0.2) is 37.6 Å². The first-order chi connectivity index (χ1) is 6.86. The van der Waals surface area contributed by atoms with E-state index >= 15 is 0 Å². The van der Waals surface area contributed by atoms with Crippen LogP contribution in [0, 0.1) is 0 Å². The zero-order valence-corrected chi connectivity index (χ0v) is 10.8. The van der Waals surface area contributed by atoms with Gasteiger partial charge in [0.2, 0.25) is 0 Å². The van der Waals surface area contributed by atoms with Crippen molar-refractivity contribution in [3.8, 4) is 0 Å². The molecule has 0 bridgehead atoms. The van der Waals surface area contributed by atoms with Crippen molar-refractivity contribution < 1.29 is 0 Å². The van der Waals surface area contributed by atoms with Gasteiger partial charge in [-0.3, -0.25) is 4.90 Å². The molecule has 0 aromatic carbocycles. The molecule has 2 nitrogen and oxygen atoms in total. The number of halogens is 1. The Morgan fingerprint density at radius 3 is 2.57 bits per heavy atom. The fourth-order valence-corrected chi connectivity index (χ4v) is 3.06. The van der Waals surface area contributed by atoms with E-state index in [1.54, 1.807) is 9.15 Å². The number of hydrogen-bond donors (Lipinski definition) is 1. The topological polar surface area (TPSA) is 15.3 Å². The average molecular weight is 306 g/mol. The minimum absolute atomic E-state index is 1.17. The highest BCUT2D eigenvalue weighted by Crippen LogP contribution is 2.29. The van der Waals surface area contributed by atoms with Crippen LogP contribution in [0.2, 0.25) is 0 Å². The van der Waals surface area contributed by atoms with Gasteiger partial charge in [-0.05, 0) is 57.4 Å². The second-order valence-corrected chi connectivity index (χ2v) is 5.54. The SMILES string of the molecule is IC1=C(CN2CCNCC2)CCCC1. The van der Waals surface area contributed by atoms with Gasteiger partial charge in [0.05, 0.1) is 0 Å². The van der Waals surface area contributed by atoms with Crippen molar-refractivity contribution in [2.24, 2.45) is 0 Å². The van der Waals surface area contributed by atoms with Gasteiger partial charge in [-0.1, -0.05) is 0 Å². The van der Waals surface area contributed by atoms with E-state index in [2.05, 4.69) is 32.8 Å². The van der Waals surface area contributed by atoms with Gasteiger partial charge in [0.15, 0.2) is 0 Å². The van der Waals surface area contributed by atoms with Gasteiger partial charge in [-0.25, -0.2) is 0 Å². The molecule has 1 aliphatic heterocycles. The molecular weight excluding hydrogens is 287 g/mol. The number of nitrogens with one attached hydrogen (secondary N) is 1. The van der Waals surface area contributed by atoms with Crippen LogP contribution in [0.15, 0.2) is 9.15 Å². The molecule has 1 N–H and O–H groups in total. The van der Waals surface area contributed by atoms with E-state index in [1.165, 1.54) is 58.4 Å². The number of nitrogens with zero attached hydrogens (tertiary/aromatic N) is 1. The number of piperazine rings is 1. The molecular formula is C11H19IN2. The van der Waals surface area contributed by atoms with E-state index in [0.717, 1.165) is 0 Å². The quantitative estimate of drug-likeness (QED) is 0.787. The van der Waals surface area contributed by atoms with Crippen molar-refractivity contribution in [3.63, 3.8) is 0 Å². The van der Waals surface area contributed by atoms with Gasteiger partial charge in [0.25, 0.3) is 0 Å². The Morgan fingerprint density at radius 1 is 1.14 bits per heavy atom. The first kappa shape index (κ1) is 10.9. The Labute approximate surface area is 100 Å². The summed E-state index contributed by atoms with van der Waals surface area (Å²) in [7, 11) is 0. The number of rotatable bonds is 2. The largest absolute Gasteiger partial charge is 0.314 e. The molecule has 0 radical (unpaired) electrons. The predicted molar refractivity (Wildman–Crippen MR) is 68.8 cm³/mol. The molecule has 0 amide bonds. The van der Waals surface area contributed by atoms with E-state index in [0.29, 0.717) is 0 Å². The Kier molecular flexibility index (Phi) is 4.25. The molecule has 3 heteroatoms. The van der Waals surface area contributed by atoms with Gasteiger partial charge in [0, 0.05) is 32.7 Å². The Morgan fingerprint density at radius 2 is 1.86 bits per heavy atom. The van der Waals surface area contributed by atoms with E-state index < -0.39 is 0 Å². The van der Waals surface area contributed by atoms with Crippen LogP contribution in [0.25, 0.3) is 0 Å². The molecule has 0 atom stereocenters. The Hall–Kier alpha value is 0.390. The van der Waals surface area contributed by atoms with Crippen LogP contribution in [-0.2, 0) is 0 Å². The first-order valence-corrected chi connectivity index (χ1v) is 6.73. The van der Waals surface area contributed by atoms with Crippen LogP contribution >= 0.6 is 22.6 Å². The van der Waals surface area contributed by atoms with E-state index in [4.69, 9.17) is 0 Å². The highest BCUT2D eigenvalue weighted by atomic mass is 127. The first-order valence-electron chi connectivity index (χ1n) is 5.66. The molecule has 0 unspecified atom stereocenters. The lowest BCUT2D eigenvalue weighted by Crippen LogP contribution is -2.44. The molecule has 0 aromatic rings. The van der Waals surface area contributed by atoms with Crippen molar-refractivity contribution in [2.45, 2.75) is 25.7 Å². The summed E-state index contributed by atoms with van der Waals surface area (Å²) in [6.45, 7) is 6.04. The Bertz CT molecular complexity index is 219. The second kappa shape index (κ2) is 5.47. The van der Waals surface area contributed by atoms with Crippen LogP contribution in [0.1, 0.15) is 25.7 Å². The highest BCUT2D eigenvalue weighted by molar-refractivity contribution is 14.1. The fraction of sp³-hybridized carbons (Fsp3) is 0.818. The average Bonchev–Trinajstić information content (AvgIpc) is 2.23. The molecule has 0 saturated carbocycles. The molecule has 2 rings (SSSR count). The molecule has 1 fully saturated rings. The minimum Gasteiger partial charge on any atom is -0.314 e. The summed E-state index contributed by atoms with van der Waals surface area (Å²) in [5.74, 6) is 0. The maximum atomic E-state index is 3.40. The maximum absolute atomic E-state index is 3.40. The van der Waals surface area contributed by atoms with Gasteiger partial charge >= 0.3 is 0 Å². The molecule has 0 aromatic heterocycles. The molecule has 1 heterocycles. The molecule has 1 saturated heterocycles. The summed E-state index contributed by atoms with van der Waals surface area (Å²) < 4.78 is 1.65. The smallest absolute Gasteiger partial charge is 0.0204 e. The van der Waals surface area contributed by atoms with E-state index in [-0.39, 0.29) is 0 Å². The van der Waals surface area contributed by atoms with Crippen molar-refractivity contribution >= 4 is 22.6 Å². The minimum atomic E-state index is 1.17. The van der Waals surface area contributed by atoms with Gasteiger partial charge in [-0.2, -0.15) is 0 Å². The van der Waals surface area contributed by atoms with Crippen LogP contribution in [0.5, 0.6) is 0 Å². The zero-order chi connectivity index (χ0) is 9.80. The highest BCUT2D eigenvalue weighted by Gasteiger charge is 2.15. The third-order valence-electron chi connectivity index (χ3n) is 3.13. The maximum Gasteiger partial charge on any atom is 0.0204 e. The summed E-state index contributed by atoms with van der Waals surface area (Å²) in [6.07, 6.45) is 5.50. The summed E-state index contributed by atoms with van der Waals surface area (Å²) in [6, 6.07) is 0. The van der Waals surface area contributed by atoms with Crippen LogP contribution in [0.3, 0.4) is 0 Å². The Balaban J connectivity index is 1.88. The fourth-order valence-electron chi connectivity index (χ4n) is 2.24. The van der Waals surface area contributed by atoms with Crippen molar-refractivity contribution in [3.05, 3.63) is 9.15 Å². The van der Waals surface area contributed by atoms with E-state index in [1.807, 2.05) is 0 Å². The number of allylic oxidation sites excluding steroid dienone is 1. The molecule has 0 spiro atoms. The molecule has 14 heavy (non-hydrogen) atoms. The number of hydrogen-bond acceptors (Lipinski definition) is 2. The molecule has 1 aliphatic carbocycles. The van der Waals surface area contributed by atoms with Gasteiger partial charge in [0.1, 0.15) is 0 Å². The monoisotopic (exact) mass is 306 g/mol. The van der Waals surface area contributed by atoms with E-state index in [9.17, 15) is 0 Å². The zero-order valence-electron chi connectivity index (χ0n) is 8.69. The normalized spacial score (nSPS) is 25.5.